The molecule has 0 radical (unpaired) electrons. The molecular formula is C17H17F2N3O5S. The molecule has 1 heterocycles. The Morgan fingerprint density at radius 3 is 2.82 bits per heavy atom. The summed E-state index contributed by atoms with van der Waals surface area (Å²) in [4.78, 5) is 28.6. The molecule has 1 aromatic heterocycles. The average molecular weight is 413 g/mol. The Morgan fingerprint density at radius 1 is 1.43 bits per heavy atom. The number of halogens is 2. The van der Waals surface area contributed by atoms with Crippen molar-refractivity contribution in [3.8, 4) is 11.5 Å². The van der Waals surface area contributed by atoms with Gasteiger partial charge in [-0.1, -0.05) is 6.92 Å². The van der Waals surface area contributed by atoms with Gasteiger partial charge >= 0.3 is 6.61 Å². The second-order valence-corrected chi connectivity index (χ2v) is 7.43. The summed E-state index contributed by atoms with van der Waals surface area (Å²) >= 11 is 1.33. The lowest BCUT2D eigenvalue weighted by atomic mass is 9.93. The van der Waals surface area contributed by atoms with Crippen LogP contribution in [0.4, 0.5) is 19.6 Å². The fourth-order valence-corrected chi connectivity index (χ4v) is 4.15. The summed E-state index contributed by atoms with van der Waals surface area (Å²) in [5.41, 5.74) is -0.0972. The number of aromatic nitrogens is 1. The van der Waals surface area contributed by atoms with Gasteiger partial charge in [0.1, 0.15) is 5.56 Å². The lowest BCUT2D eigenvalue weighted by molar-refractivity contribution is -0.385. The quantitative estimate of drug-likeness (QED) is 0.566. The van der Waals surface area contributed by atoms with E-state index in [9.17, 15) is 23.7 Å². The largest absolute Gasteiger partial charge is 0.493 e. The number of nitro groups is 1. The van der Waals surface area contributed by atoms with Gasteiger partial charge in [0.25, 0.3) is 11.6 Å². The Balaban J connectivity index is 1.91. The van der Waals surface area contributed by atoms with Crippen molar-refractivity contribution in [1.82, 2.24) is 4.98 Å². The van der Waals surface area contributed by atoms with Gasteiger partial charge in [0.15, 0.2) is 16.6 Å². The van der Waals surface area contributed by atoms with Gasteiger partial charge in [-0.3, -0.25) is 20.2 Å². The molecule has 0 bridgehead atoms. The molecular weight excluding hydrogens is 396 g/mol. The van der Waals surface area contributed by atoms with E-state index in [0.29, 0.717) is 11.0 Å². The first-order valence-corrected chi connectivity index (χ1v) is 9.21. The number of ether oxygens (including phenoxy) is 2. The van der Waals surface area contributed by atoms with Crippen molar-refractivity contribution in [3.63, 3.8) is 0 Å². The van der Waals surface area contributed by atoms with E-state index in [1.807, 2.05) is 0 Å². The number of amides is 1. The maximum atomic E-state index is 12.6. The third-order valence-electron chi connectivity index (χ3n) is 4.35. The van der Waals surface area contributed by atoms with Gasteiger partial charge in [-0.25, -0.2) is 4.98 Å². The van der Waals surface area contributed by atoms with Crippen LogP contribution in [0.2, 0.25) is 0 Å². The minimum Gasteiger partial charge on any atom is -0.493 e. The van der Waals surface area contributed by atoms with Gasteiger partial charge < -0.3 is 9.47 Å². The highest BCUT2D eigenvalue weighted by Gasteiger charge is 2.27. The van der Waals surface area contributed by atoms with Crippen molar-refractivity contribution >= 4 is 28.1 Å². The predicted octanol–water partition coefficient (Wildman–Crippen LogP) is 4.04. The third-order valence-corrected chi connectivity index (χ3v) is 5.38. The molecule has 1 aliphatic carbocycles. The molecule has 0 spiro atoms. The van der Waals surface area contributed by atoms with E-state index >= 15 is 0 Å². The molecule has 1 unspecified atom stereocenters. The highest BCUT2D eigenvalue weighted by Crippen LogP contribution is 2.37. The number of carbonyl (C=O) groups is 1. The summed E-state index contributed by atoms with van der Waals surface area (Å²) in [6, 6.07) is 1.75. The first-order valence-electron chi connectivity index (χ1n) is 8.39. The number of hydrogen-bond acceptors (Lipinski definition) is 7. The number of fused-ring (bicyclic) bond motifs is 1. The number of methoxy groups -OCH3 is 1. The fraction of sp³-hybridized carbons (Fsp3) is 0.412. The van der Waals surface area contributed by atoms with Crippen LogP contribution in [-0.2, 0) is 12.8 Å². The van der Waals surface area contributed by atoms with Crippen LogP contribution in [0.15, 0.2) is 12.1 Å². The number of benzene rings is 1. The maximum absolute atomic E-state index is 12.6. The molecule has 0 fully saturated rings. The molecule has 150 valence electrons. The smallest absolute Gasteiger partial charge is 0.387 e. The van der Waals surface area contributed by atoms with Crippen LogP contribution in [0.3, 0.4) is 0 Å². The molecule has 1 aliphatic rings. The number of anilines is 1. The molecule has 1 atom stereocenters. The van der Waals surface area contributed by atoms with Crippen molar-refractivity contribution in [2.24, 2.45) is 5.92 Å². The summed E-state index contributed by atoms with van der Waals surface area (Å²) in [5, 5.41) is 14.2. The normalized spacial score (nSPS) is 15.8. The predicted molar refractivity (Wildman–Crippen MR) is 97.5 cm³/mol. The Kier molecular flexibility index (Phi) is 5.73. The van der Waals surface area contributed by atoms with Gasteiger partial charge in [-0.2, -0.15) is 8.78 Å². The highest BCUT2D eigenvalue weighted by atomic mass is 32.1. The number of alkyl halides is 2. The number of aryl methyl sites for hydroxylation is 1. The summed E-state index contributed by atoms with van der Waals surface area (Å²) in [7, 11) is 1.18. The van der Waals surface area contributed by atoms with Gasteiger partial charge in [0.2, 0.25) is 0 Å². The molecule has 1 N–H and O–H groups in total. The van der Waals surface area contributed by atoms with Crippen LogP contribution < -0.4 is 14.8 Å². The second kappa shape index (κ2) is 8.05. The summed E-state index contributed by atoms with van der Waals surface area (Å²) in [5.74, 6) is -1.00. The molecule has 1 amide bonds. The van der Waals surface area contributed by atoms with E-state index in [0.717, 1.165) is 42.0 Å². The van der Waals surface area contributed by atoms with Crippen molar-refractivity contribution in [3.05, 3.63) is 38.4 Å². The minimum atomic E-state index is -3.20. The number of hydrogen-bond donors (Lipinski definition) is 1. The lowest BCUT2D eigenvalue weighted by Gasteiger charge is -2.15. The van der Waals surface area contributed by atoms with Crippen LogP contribution in [-0.4, -0.2) is 29.5 Å². The molecule has 2 aromatic rings. The van der Waals surface area contributed by atoms with E-state index in [1.54, 1.807) is 0 Å². The second-order valence-electron chi connectivity index (χ2n) is 6.35. The topological polar surface area (TPSA) is 104 Å². The van der Waals surface area contributed by atoms with Crippen LogP contribution in [0.25, 0.3) is 0 Å². The number of nitrogens with zero attached hydrogens (tertiary/aromatic N) is 2. The van der Waals surface area contributed by atoms with Gasteiger partial charge in [-0.15, -0.1) is 11.3 Å². The minimum absolute atomic E-state index is 0.219. The number of nitrogens with one attached hydrogen (secondary N) is 1. The fourth-order valence-electron chi connectivity index (χ4n) is 2.99. The number of nitro benzene ring substituents is 1. The average Bonchev–Trinajstić information content (AvgIpc) is 3.01. The summed E-state index contributed by atoms with van der Waals surface area (Å²) in [6.45, 7) is -1.06. The maximum Gasteiger partial charge on any atom is 0.387 e. The van der Waals surface area contributed by atoms with Crippen molar-refractivity contribution in [1.29, 1.82) is 0 Å². The SMILES string of the molecule is COc1cc(C(=O)Nc2nc3c(s2)CC(C)CC3)c([N+](=O)[O-])cc1OC(F)F. The molecule has 11 heteroatoms. The van der Waals surface area contributed by atoms with E-state index in [4.69, 9.17) is 4.74 Å². The molecule has 28 heavy (non-hydrogen) atoms. The van der Waals surface area contributed by atoms with Crippen LogP contribution in [0.1, 0.15) is 34.3 Å². The zero-order chi connectivity index (χ0) is 20.4. The van der Waals surface area contributed by atoms with Crippen molar-refractivity contribution < 1.29 is 28.0 Å². The highest BCUT2D eigenvalue weighted by molar-refractivity contribution is 7.15. The number of rotatable bonds is 6. The Labute approximate surface area is 162 Å². The summed E-state index contributed by atoms with van der Waals surface area (Å²) < 4.78 is 34.2. The zero-order valence-corrected chi connectivity index (χ0v) is 15.8. The Hall–Kier alpha value is -2.82. The molecule has 0 aliphatic heterocycles. The van der Waals surface area contributed by atoms with Crippen molar-refractivity contribution in [2.75, 3.05) is 12.4 Å². The summed E-state index contributed by atoms with van der Waals surface area (Å²) in [6.07, 6.45) is 2.70. The van der Waals surface area contributed by atoms with Gasteiger partial charge in [0, 0.05) is 10.9 Å². The molecule has 8 nitrogen and oxygen atoms in total. The third kappa shape index (κ3) is 4.19. The number of thiazole rings is 1. The van der Waals surface area contributed by atoms with E-state index in [1.165, 1.54) is 18.4 Å². The van der Waals surface area contributed by atoms with E-state index in [-0.39, 0.29) is 11.3 Å². The zero-order valence-electron chi connectivity index (χ0n) is 15.0. The Morgan fingerprint density at radius 2 is 2.18 bits per heavy atom. The van der Waals surface area contributed by atoms with Crippen LogP contribution in [0, 0.1) is 16.0 Å². The van der Waals surface area contributed by atoms with E-state index < -0.39 is 28.9 Å². The first-order chi connectivity index (χ1) is 13.3. The van der Waals surface area contributed by atoms with E-state index in [2.05, 4.69) is 22.0 Å². The van der Waals surface area contributed by atoms with Gasteiger partial charge in [-0.05, 0) is 25.2 Å². The standard InChI is InChI=1S/C17H17F2N3O5S/c1-8-3-4-10-14(5-8)28-17(20-10)21-15(23)9-6-12(26-2)13(27-16(18)19)7-11(9)22(24)25/h6-8,16H,3-5H2,1-2H3,(H,20,21,23). The molecule has 0 saturated heterocycles. The monoisotopic (exact) mass is 413 g/mol. The van der Waals surface area contributed by atoms with Gasteiger partial charge in [0.05, 0.1) is 23.8 Å². The first kappa shape index (κ1) is 19.9. The van der Waals surface area contributed by atoms with Crippen molar-refractivity contribution in [2.45, 2.75) is 32.8 Å². The van der Waals surface area contributed by atoms with Crippen LogP contribution in [0.5, 0.6) is 11.5 Å². The van der Waals surface area contributed by atoms with Crippen LogP contribution >= 0.6 is 11.3 Å². The molecule has 0 saturated carbocycles. The molecule has 1 aromatic carbocycles. The number of carbonyl (C=O) groups excluding carboxylic acids is 1. The Bertz CT molecular complexity index is 918. The lowest BCUT2D eigenvalue weighted by Crippen LogP contribution is -2.15. The molecule has 3 rings (SSSR count).